The van der Waals surface area contributed by atoms with Crippen molar-refractivity contribution in [3.63, 3.8) is 0 Å². The zero-order chi connectivity index (χ0) is 22.0. The van der Waals surface area contributed by atoms with Gasteiger partial charge in [-0.3, -0.25) is 15.1 Å². The molecule has 0 saturated heterocycles. The van der Waals surface area contributed by atoms with Crippen molar-refractivity contribution in [3.05, 3.63) is 87.5 Å². The maximum absolute atomic E-state index is 10.7. The number of non-ortho nitro benzene ring substituents is 1. The maximum Gasteiger partial charge on any atom is 0.269 e. The molecule has 1 aromatic heterocycles. The Hall–Kier alpha value is -4.26. The molecule has 0 aliphatic carbocycles. The molecule has 3 aromatic carbocycles. The number of phenolic OH excluding ortho intramolecular Hbond substituents is 1. The largest absolute Gasteiger partial charge is 0.507 e. The average molecular weight is 413 g/mol. The predicted molar refractivity (Wildman–Crippen MR) is 121 cm³/mol. The summed E-state index contributed by atoms with van der Waals surface area (Å²) in [5.74, 6) is 0.386. The van der Waals surface area contributed by atoms with Gasteiger partial charge < -0.3 is 9.52 Å². The third-order valence-electron chi connectivity index (χ3n) is 4.92. The molecule has 0 aliphatic rings. The Morgan fingerprint density at radius 3 is 2.55 bits per heavy atom. The van der Waals surface area contributed by atoms with E-state index < -0.39 is 4.92 Å². The Balaban J connectivity index is 1.55. The Morgan fingerprint density at radius 1 is 1.06 bits per heavy atom. The maximum atomic E-state index is 10.7. The lowest BCUT2D eigenvalue weighted by Crippen LogP contribution is -1.86. The third kappa shape index (κ3) is 4.35. The molecule has 7 heteroatoms. The Labute approximate surface area is 178 Å². The van der Waals surface area contributed by atoms with E-state index in [0.717, 1.165) is 22.2 Å². The van der Waals surface area contributed by atoms with Crippen LogP contribution in [0.1, 0.15) is 16.7 Å². The van der Waals surface area contributed by atoms with Gasteiger partial charge in [-0.05, 0) is 79.1 Å². The van der Waals surface area contributed by atoms with Gasteiger partial charge in [0.25, 0.3) is 5.69 Å². The molecule has 0 amide bonds. The highest BCUT2D eigenvalue weighted by atomic mass is 16.6. The number of phenols is 1. The van der Waals surface area contributed by atoms with E-state index >= 15 is 0 Å². The molecule has 0 radical (unpaired) electrons. The first kappa shape index (κ1) is 20.0. The van der Waals surface area contributed by atoms with Crippen LogP contribution < -0.4 is 0 Å². The van der Waals surface area contributed by atoms with Gasteiger partial charge in [0.15, 0.2) is 5.58 Å². The molecule has 0 fully saturated rings. The molecule has 4 aromatic rings. The van der Waals surface area contributed by atoms with Crippen molar-refractivity contribution in [2.45, 2.75) is 13.8 Å². The second-order valence-electron chi connectivity index (χ2n) is 7.11. The molecule has 31 heavy (non-hydrogen) atoms. The summed E-state index contributed by atoms with van der Waals surface area (Å²) in [4.78, 5) is 19.1. The van der Waals surface area contributed by atoms with Crippen molar-refractivity contribution in [3.8, 4) is 17.2 Å². The van der Waals surface area contributed by atoms with Crippen LogP contribution in [0.5, 0.6) is 5.75 Å². The normalized spacial score (nSPS) is 11.7. The Morgan fingerprint density at radius 2 is 1.81 bits per heavy atom. The van der Waals surface area contributed by atoms with Crippen LogP contribution in [0.2, 0.25) is 0 Å². The van der Waals surface area contributed by atoms with E-state index in [1.54, 1.807) is 48.7 Å². The number of nitrogens with zero attached hydrogens (tertiary/aromatic N) is 3. The molecule has 1 heterocycles. The Kier molecular flexibility index (Phi) is 5.32. The van der Waals surface area contributed by atoms with Gasteiger partial charge in [0, 0.05) is 18.3 Å². The van der Waals surface area contributed by atoms with Crippen molar-refractivity contribution in [1.82, 2.24) is 4.98 Å². The first-order valence-corrected chi connectivity index (χ1v) is 9.57. The summed E-state index contributed by atoms with van der Waals surface area (Å²) in [6.45, 7) is 4.02. The van der Waals surface area contributed by atoms with Crippen LogP contribution in [-0.4, -0.2) is 21.2 Å². The van der Waals surface area contributed by atoms with Gasteiger partial charge in [0.05, 0.1) is 16.2 Å². The molecule has 0 atom stereocenters. The molecule has 1 N–H and O–H groups in total. The van der Waals surface area contributed by atoms with E-state index in [4.69, 9.17) is 4.42 Å². The Bertz CT molecular complexity index is 1300. The molecule has 0 aliphatic heterocycles. The minimum absolute atomic E-state index is 0.0481. The van der Waals surface area contributed by atoms with Crippen LogP contribution in [0.25, 0.3) is 28.6 Å². The van der Waals surface area contributed by atoms with Crippen LogP contribution >= 0.6 is 0 Å². The van der Waals surface area contributed by atoms with Crippen LogP contribution in [-0.2, 0) is 0 Å². The zero-order valence-corrected chi connectivity index (χ0v) is 16.9. The molecular formula is C24H19N3O4. The van der Waals surface area contributed by atoms with Crippen LogP contribution in [0.15, 0.2) is 70.1 Å². The van der Waals surface area contributed by atoms with E-state index in [1.807, 2.05) is 26.0 Å². The fourth-order valence-electron chi connectivity index (χ4n) is 3.06. The number of aromatic hydroxyl groups is 1. The number of benzene rings is 3. The van der Waals surface area contributed by atoms with E-state index in [9.17, 15) is 15.2 Å². The number of fused-ring (bicyclic) bond motifs is 1. The second-order valence-corrected chi connectivity index (χ2v) is 7.11. The minimum Gasteiger partial charge on any atom is -0.507 e. The number of nitro groups is 1. The molecule has 0 spiro atoms. The summed E-state index contributed by atoms with van der Waals surface area (Å²) in [5.41, 5.74) is 5.57. The quantitative estimate of drug-likeness (QED) is 0.240. The number of aryl methyl sites for hydroxylation is 2. The molecule has 0 bridgehead atoms. The van der Waals surface area contributed by atoms with Gasteiger partial charge in [-0.2, -0.15) is 0 Å². The summed E-state index contributed by atoms with van der Waals surface area (Å²) in [5, 5.41) is 21.0. The number of allylic oxidation sites excluding steroid dienone is 1. The fourth-order valence-corrected chi connectivity index (χ4v) is 3.06. The van der Waals surface area contributed by atoms with Crippen LogP contribution in [0, 0.1) is 24.0 Å². The first-order chi connectivity index (χ1) is 14.9. The zero-order valence-electron chi connectivity index (χ0n) is 16.9. The minimum atomic E-state index is -0.434. The number of aromatic nitrogens is 1. The van der Waals surface area contributed by atoms with E-state index in [0.29, 0.717) is 22.7 Å². The van der Waals surface area contributed by atoms with Gasteiger partial charge in [-0.15, -0.1) is 0 Å². The lowest BCUT2D eigenvalue weighted by molar-refractivity contribution is -0.384. The number of aliphatic imine (C=N–C) groups is 1. The molecule has 7 nitrogen and oxygen atoms in total. The lowest BCUT2D eigenvalue weighted by atomic mass is 10.1. The highest BCUT2D eigenvalue weighted by Crippen LogP contribution is 2.34. The van der Waals surface area contributed by atoms with Crippen molar-refractivity contribution in [1.29, 1.82) is 0 Å². The standard InChI is InChI=1S/C24H19N3O4/c1-15-12-21-23(13-16(15)2)31-24(26-21)20-14-18(7-10-22(20)28)25-11-3-4-17-5-8-19(9-6-17)27(29)30/h3-14,28H,1-2H3. The topological polar surface area (TPSA) is 102 Å². The molecule has 4 rings (SSSR count). The summed E-state index contributed by atoms with van der Waals surface area (Å²) >= 11 is 0. The predicted octanol–water partition coefficient (Wildman–Crippen LogP) is 6.14. The first-order valence-electron chi connectivity index (χ1n) is 9.57. The van der Waals surface area contributed by atoms with Crippen molar-refractivity contribution >= 4 is 34.8 Å². The summed E-state index contributed by atoms with van der Waals surface area (Å²) in [7, 11) is 0. The van der Waals surface area contributed by atoms with Crippen molar-refractivity contribution in [2.24, 2.45) is 4.99 Å². The number of nitro benzene ring substituents is 1. The second kappa shape index (κ2) is 8.23. The molecular weight excluding hydrogens is 394 g/mol. The SMILES string of the molecule is Cc1cc2nc(-c3cc(N=CC=Cc4ccc([N+](=O)[O-])cc4)ccc3O)oc2cc1C. The van der Waals surface area contributed by atoms with E-state index in [1.165, 1.54) is 12.1 Å². The number of hydrogen-bond acceptors (Lipinski definition) is 6. The highest BCUT2D eigenvalue weighted by Gasteiger charge is 2.14. The fraction of sp³-hybridized carbons (Fsp3) is 0.0833. The van der Waals surface area contributed by atoms with Gasteiger partial charge in [0.1, 0.15) is 11.3 Å². The lowest BCUT2D eigenvalue weighted by Gasteiger charge is -2.01. The summed E-state index contributed by atoms with van der Waals surface area (Å²) in [6, 6.07) is 15.1. The number of oxazole rings is 1. The monoisotopic (exact) mass is 413 g/mol. The molecule has 0 saturated carbocycles. The number of hydrogen-bond donors (Lipinski definition) is 1. The van der Waals surface area contributed by atoms with Gasteiger partial charge in [-0.1, -0.05) is 6.08 Å². The third-order valence-corrected chi connectivity index (χ3v) is 4.92. The number of rotatable bonds is 5. The van der Waals surface area contributed by atoms with Crippen LogP contribution in [0.3, 0.4) is 0 Å². The van der Waals surface area contributed by atoms with Gasteiger partial charge in [-0.25, -0.2) is 4.98 Å². The van der Waals surface area contributed by atoms with E-state index in [2.05, 4.69) is 9.98 Å². The smallest absolute Gasteiger partial charge is 0.269 e. The summed E-state index contributed by atoms with van der Waals surface area (Å²) in [6.07, 6.45) is 5.13. The van der Waals surface area contributed by atoms with Crippen molar-refractivity contribution in [2.75, 3.05) is 0 Å². The molecule has 154 valence electrons. The molecule has 0 unspecified atom stereocenters. The van der Waals surface area contributed by atoms with E-state index in [-0.39, 0.29) is 11.4 Å². The average Bonchev–Trinajstić information content (AvgIpc) is 3.15. The van der Waals surface area contributed by atoms with Crippen molar-refractivity contribution < 1.29 is 14.4 Å². The highest BCUT2D eigenvalue weighted by molar-refractivity contribution is 5.82. The van der Waals surface area contributed by atoms with Crippen LogP contribution in [0.4, 0.5) is 11.4 Å². The van der Waals surface area contributed by atoms with Gasteiger partial charge >= 0.3 is 0 Å². The summed E-state index contributed by atoms with van der Waals surface area (Å²) < 4.78 is 5.85. The van der Waals surface area contributed by atoms with Gasteiger partial charge in [0.2, 0.25) is 5.89 Å².